The minimum Gasteiger partial charge on any atom is -0.369 e. The summed E-state index contributed by atoms with van der Waals surface area (Å²) >= 11 is 0. The Bertz CT molecular complexity index is 299. The number of aryl methyl sites for hydroxylation is 2. The summed E-state index contributed by atoms with van der Waals surface area (Å²) in [6.07, 6.45) is 5.18. The van der Waals surface area contributed by atoms with Gasteiger partial charge in [0.25, 0.3) is 0 Å². The molecule has 1 heterocycles. The van der Waals surface area contributed by atoms with Gasteiger partial charge in [-0.15, -0.1) is 0 Å². The molecule has 4 nitrogen and oxygen atoms in total. The number of unbranched alkanes of at least 4 members (excludes halogenated alkanes) is 2. The van der Waals surface area contributed by atoms with Gasteiger partial charge in [0.1, 0.15) is 5.82 Å². The molecule has 4 heteroatoms. The molecule has 1 aromatic rings. The van der Waals surface area contributed by atoms with Gasteiger partial charge in [-0.3, -0.25) is 4.98 Å². The predicted octanol–water partition coefficient (Wildman–Crippen LogP) is 1.63. The van der Waals surface area contributed by atoms with Crippen molar-refractivity contribution in [2.75, 3.05) is 18.4 Å². The van der Waals surface area contributed by atoms with Crippen LogP contribution in [-0.2, 0) is 0 Å². The van der Waals surface area contributed by atoms with Crippen molar-refractivity contribution in [2.45, 2.75) is 33.1 Å². The van der Waals surface area contributed by atoms with Crippen LogP contribution in [0.25, 0.3) is 0 Å². The fraction of sp³-hybridized carbons (Fsp3) is 0.636. The van der Waals surface area contributed by atoms with Gasteiger partial charge in [-0.05, 0) is 33.2 Å². The summed E-state index contributed by atoms with van der Waals surface area (Å²) in [5.74, 6) is 0.867. The number of nitrogens with one attached hydrogen (secondary N) is 1. The quantitative estimate of drug-likeness (QED) is 0.697. The van der Waals surface area contributed by atoms with Gasteiger partial charge in [-0.25, -0.2) is 4.98 Å². The van der Waals surface area contributed by atoms with Crippen LogP contribution in [0.3, 0.4) is 0 Å². The molecule has 84 valence electrons. The van der Waals surface area contributed by atoms with E-state index < -0.39 is 0 Å². The summed E-state index contributed by atoms with van der Waals surface area (Å²) in [6, 6.07) is 0. The number of nitrogens with two attached hydrogens (primary N) is 1. The number of rotatable bonds is 6. The normalized spacial score (nSPS) is 10.3. The van der Waals surface area contributed by atoms with Crippen LogP contribution in [0.5, 0.6) is 0 Å². The second-order valence-electron chi connectivity index (χ2n) is 3.70. The van der Waals surface area contributed by atoms with Gasteiger partial charge in [0.05, 0.1) is 17.6 Å². The molecule has 0 fully saturated rings. The van der Waals surface area contributed by atoms with E-state index in [9.17, 15) is 0 Å². The molecule has 0 radical (unpaired) electrons. The lowest BCUT2D eigenvalue weighted by Crippen LogP contribution is -2.06. The predicted molar refractivity (Wildman–Crippen MR) is 62.9 cm³/mol. The first-order valence-corrected chi connectivity index (χ1v) is 5.48. The Morgan fingerprint density at radius 2 is 2.00 bits per heavy atom. The van der Waals surface area contributed by atoms with Crippen molar-refractivity contribution in [2.24, 2.45) is 5.73 Å². The first-order chi connectivity index (χ1) is 7.24. The molecule has 0 aliphatic heterocycles. The highest BCUT2D eigenvalue weighted by molar-refractivity contribution is 5.32. The molecule has 0 aromatic carbocycles. The van der Waals surface area contributed by atoms with E-state index in [1.54, 1.807) is 6.20 Å². The zero-order valence-corrected chi connectivity index (χ0v) is 9.58. The lowest BCUT2D eigenvalue weighted by Gasteiger charge is -2.06. The molecular weight excluding hydrogens is 188 g/mol. The minimum absolute atomic E-state index is 0.781. The monoisotopic (exact) mass is 208 g/mol. The highest BCUT2D eigenvalue weighted by Crippen LogP contribution is 2.05. The molecule has 0 aliphatic rings. The molecule has 0 amide bonds. The second kappa shape index (κ2) is 6.35. The smallest absolute Gasteiger partial charge is 0.144 e. The van der Waals surface area contributed by atoms with Gasteiger partial charge >= 0.3 is 0 Å². The van der Waals surface area contributed by atoms with Crippen molar-refractivity contribution in [3.05, 3.63) is 17.6 Å². The highest BCUT2D eigenvalue weighted by atomic mass is 15.0. The van der Waals surface area contributed by atoms with E-state index in [4.69, 9.17) is 5.73 Å². The van der Waals surface area contributed by atoms with Crippen molar-refractivity contribution in [1.29, 1.82) is 0 Å². The molecule has 1 rings (SSSR count). The topological polar surface area (TPSA) is 63.8 Å². The maximum Gasteiger partial charge on any atom is 0.144 e. The summed E-state index contributed by atoms with van der Waals surface area (Å²) in [4.78, 5) is 8.64. The zero-order chi connectivity index (χ0) is 11.1. The van der Waals surface area contributed by atoms with Gasteiger partial charge in [-0.2, -0.15) is 0 Å². The van der Waals surface area contributed by atoms with Crippen LogP contribution in [0.2, 0.25) is 0 Å². The third kappa shape index (κ3) is 4.25. The first kappa shape index (κ1) is 11.9. The summed E-state index contributed by atoms with van der Waals surface area (Å²) in [5, 5.41) is 3.26. The van der Waals surface area contributed by atoms with E-state index in [0.29, 0.717) is 0 Å². The summed E-state index contributed by atoms with van der Waals surface area (Å²) in [6.45, 7) is 5.66. The summed E-state index contributed by atoms with van der Waals surface area (Å²) in [7, 11) is 0. The largest absolute Gasteiger partial charge is 0.369 e. The van der Waals surface area contributed by atoms with Crippen LogP contribution < -0.4 is 11.1 Å². The number of nitrogens with zero attached hydrogens (tertiary/aromatic N) is 2. The zero-order valence-electron chi connectivity index (χ0n) is 9.58. The standard InChI is InChI=1S/C11H20N4/c1-9-10(2)15-11(8-14-9)13-7-5-3-4-6-12/h8H,3-7,12H2,1-2H3,(H,13,15). The van der Waals surface area contributed by atoms with Crippen LogP contribution in [0.4, 0.5) is 5.82 Å². The molecule has 15 heavy (non-hydrogen) atoms. The van der Waals surface area contributed by atoms with Crippen LogP contribution >= 0.6 is 0 Å². The SMILES string of the molecule is Cc1ncc(NCCCCCN)nc1C. The molecule has 1 aromatic heterocycles. The van der Waals surface area contributed by atoms with Crippen LogP contribution in [0, 0.1) is 13.8 Å². The fourth-order valence-corrected chi connectivity index (χ4v) is 1.29. The lowest BCUT2D eigenvalue weighted by molar-refractivity contribution is 0.706. The second-order valence-corrected chi connectivity index (χ2v) is 3.70. The number of anilines is 1. The molecule has 0 spiro atoms. The maximum atomic E-state index is 5.42. The van der Waals surface area contributed by atoms with Gasteiger partial charge in [0.15, 0.2) is 0 Å². The molecule has 0 aliphatic carbocycles. The molecule has 0 atom stereocenters. The highest BCUT2D eigenvalue weighted by Gasteiger charge is 1.97. The Morgan fingerprint density at radius 1 is 1.20 bits per heavy atom. The van der Waals surface area contributed by atoms with E-state index in [2.05, 4.69) is 15.3 Å². The molecule has 0 bridgehead atoms. The van der Waals surface area contributed by atoms with Crippen molar-refractivity contribution in [3.8, 4) is 0 Å². The van der Waals surface area contributed by atoms with E-state index in [0.717, 1.165) is 43.1 Å². The van der Waals surface area contributed by atoms with Gasteiger partial charge in [0.2, 0.25) is 0 Å². The van der Waals surface area contributed by atoms with Gasteiger partial charge in [0, 0.05) is 6.54 Å². The average molecular weight is 208 g/mol. The number of hydrogen-bond acceptors (Lipinski definition) is 4. The minimum atomic E-state index is 0.781. The Morgan fingerprint density at radius 3 is 2.67 bits per heavy atom. The van der Waals surface area contributed by atoms with Crippen LogP contribution in [0.15, 0.2) is 6.20 Å². The van der Waals surface area contributed by atoms with Crippen LogP contribution in [-0.4, -0.2) is 23.1 Å². The first-order valence-electron chi connectivity index (χ1n) is 5.48. The lowest BCUT2D eigenvalue weighted by atomic mass is 10.2. The van der Waals surface area contributed by atoms with E-state index in [-0.39, 0.29) is 0 Å². The van der Waals surface area contributed by atoms with Crippen molar-refractivity contribution in [3.63, 3.8) is 0 Å². The van der Waals surface area contributed by atoms with Crippen LogP contribution in [0.1, 0.15) is 30.7 Å². The third-order valence-electron chi connectivity index (χ3n) is 2.38. The summed E-state index contributed by atoms with van der Waals surface area (Å²) < 4.78 is 0. The molecule has 0 saturated heterocycles. The average Bonchev–Trinajstić information content (AvgIpc) is 2.23. The number of hydrogen-bond donors (Lipinski definition) is 2. The van der Waals surface area contributed by atoms with Gasteiger partial charge in [-0.1, -0.05) is 6.42 Å². The maximum absolute atomic E-state index is 5.42. The fourth-order valence-electron chi connectivity index (χ4n) is 1.29. The molecule has 0 unspecified atom stereocenters. The third-order valence-corrected chi connectivity index (χ3v) is 2.38. The van der Waals surface area contributed by atoms with Crippen molar-refractivity contribution in [1.82, 2.24) is 9.97 Å². The molecular formula is C11H20N4. The Labute approximate surface area is 91.3 Å². The van der Waals surface area contributed by atoms with Crippen molar-refractivity contribution < 1.29 is 0 Å². The Balaban J connectivity index is 2.28. The van der Waals surface area contributed by atoms with E-state index >= 15 is 0 Å². The summed E-state index contributed by atoms with van der Waals surface area (Å²) in [5.41, 5.74) is 7.39. The Kier molecular flexibility index (Phi) is 5.04. The molecule has 0 saturated carbocycles. The van der Waals surface area contributed by atoms with E-state index in [1.165, 1.54) is 6.42 Å². The van der Waals surface area contributed by atoms with Crippen molar-refractivity contribution >= 4 is 5.82 Å². The van der Waals surface area contributed by atoms with E-state index in [1.807, 2.05) is 13.8 Å². The van der Waals surface area contributed by atoms with Gasteiger partial charge < -0.3 is 11.1 Å². The number of aromatic nitrogens is 2. The molecule has 3 N–H and O–H groups in total. The Hall–Kier alpha value is -1.16.